The molecule has 0 saturated heterocycles. The number of H-pyrrole nitrogens is 1. The van der Waals surface area contributed by atoms with E-state index in [1.165, 1.54) is 12.1 Å². The Morgan fingerprint density at radius 2 is 2.12 bits per heavy atom. The van der Waals surface area contributed by atoms with Gasteiger partial charge in [-0.3, -0.25) is 9.78 Å². The molecule has 2 aromatic heterocycles. The van der Waals surface area contributed by atoms with Gasteiger partial charge in [0.2, 0.25) is 5.91 Å². The summed E-state index contributed by atoms with van der Waals surface area (Å²) in [5.74, 6) is 0.501. The smallest absolute Gasteiger partial charge is 0.223 e. The first-order valence-electron chi connectivity index (χ1n) is 8.24. The molecule has 2 heterocycles. The van der Waals surface area contributed by atoms with E-state index in [0.717, 1.165) is 12.8 Å². The summed E-state index contributed by atoms with van der Waals surface area (Å²) in [6.45, 7) is 0.310. The van der Waals surface area contributed by atoms with Gasteiger partial charge in [-0.1, -0.05) is 18.2 Å². The van der Waals surface area contributed by atoms with Crippen molar-refractivity contribution in [1.29, 1.82) is 0 Å². The highest BCUT2D eigenvalue weighted by molar-refractivity contribution is 5.81. The maximum absolute atomic E-state index is 13.6. The number of aromatic amines is 1. The van der Waals surface area contributed by atoms with Crippen molar-refractivity contribution in [3.05, 3.63) is 60.3 Å². The van der Waals surface area contributed by atoms with Gasteiger partial charge in [0, 0.05) is 17.7 Å². The second kappa shape index (κ2) is 6.47. The number of hydrogen-bond acceptors (Lipinski definition) is 3. The predicted molar refractivity (Wildman–Crippen MR) is 91.8 cm³/mol. The van der Waals surface area contributed by atoms with Crippen LogP contribution in [0.3, 0.4) is 0 Å². The third-order valence-electron chi connectivity index (χ3n) is 4.15. The van der Waals surface area contributed by atoms with E-state index in [1.54, 1.807) is 18.3 Å². The summed E-state index contributed by atoms with van der Waals surface area (Å²) in [4.78, 5) is 24.0. The highest BCUT2D eigenvalue weighted by Gasteiger charge is 2.29. The first-order valence-corrected chi connectivity index (χ1v) is 8.24. The summed E-state index contributed by atoms with van der Waals surface area (Å²) in [5.41, 5.74) is 2.71. The average molecular weight is 336 g/mol. The highest BCUT2D eigenvalue weighted by Crippen LogP contribution is 2.30. The molecule has 3 aromatic rings. The van der Waals surface area contributed by atoms with Crippen molar-refractivity contribution in [1.82, 2.24) is 20.3 Å². The van der Waals surface area contributed by atoms with Crippen molar-refractivity contribution in [2.75, 3.05) is 0 Å². The number of benzene rings is 1. The molecule has 4 rings (SSSR count). The zero-order valence-corrected chi connectivity index (χ0v) is 13.5. The molecule has 1 saturated carbocycles. The Kier molecular flexibility index (Phi) is 4.01. The van der Waals surface area contributed by atoms with Crippen LogP contribution in [0.25, 0.3) is 22.6 Å². The SMILES string of the molecule is O=C(NCc1nc(-c2cccc(F)c2)c(-c2ccccn2)[nH]1)C1CC1. The minimum Gasteiger partial charge on any atom is -0.349 e. The van der Waals surface area contributed by atoms with Gasteiger partial charge in [0.05, 0.1) is 23.6 Å². The van der Waals surface area contributed by atoms with Crippen molar-refractivity contribution >= 4 is 5.91 Å². The van der Waals surface area contributed by atoms with E-state index in [0.29, 0.717) is 35.0 Å². The monoisotopic (exact) mass is 336 g/mol. The first kappa shape index (κ1) is 15.5. The van der Waals surface area contributed by atoms with E-state index in [9.17, 15) is 9.18 Å². The second-order valence-corrected chi connectivity index (χ2v) is 6.12. The lowest BCUT2D eigenvalue weighted by Crippen LogP contribution is -2.24. The van der Waals surface area contributed by atoms with Gasteiger partial charge in [-0.05, 0) is 37.1 Å². The van der Waals surface area contributed by atoms with Gasteiger partial charge in [-0.2, -0.15) is 0 Å². The summed E-state index contributed by atoms with van der Waals surface area (Å²) in [7, 11) is 0. The van der Waals surface area contributed by atoms with E-state index in [4.69, 9.17) is 0 Å². The third kappa shape index (κ3) is 3.42. The molecule has 2 N–H and O–H groups in total. The maximum atomic E-state index is 13.6. The molecule has 0 radical (unpaired) electrons. The summed E-state index contributed by atoms with van der Waals surface area (Å²) in [6.07, 6.45) is 3.61. The van der Waals surface area contributed by atoms with E-state index in [1.807, 2.05) is 18.2 Å². The molecule has 1 fully saturated rings. The fourth-order valence-corrected chi connectivity index (χ4v) is 2.71. The van der Waals surface area contributed by atoms with Gasteiger partial charge in [0.25, 0.3) is 0 Å². The number of amides is 1. The lowest BCUT2D eigenvalue weighted by atomic mass is 10.1. The number of imidazole rings is 1. The molecule has 0 unspecified atom stereocenters. The number of carbonyl (C=O) groups excluding carboxylic acids is 1. The molecule has 126 valence electrons. The Balaban J connectivity index is 1.68. The Morgan fingerprint density at radius 3 is 2.84 bits per heavy atom. The van der Waals surface area contributed by atoms with E-state index in [2.05, 4.69) is 20.3 Å². The molecule has 25 heavy (non-hydrogen) atoms. The molecule has 0 spiro atoms. The number of pyridine rings is 1. The largest absolute Gasteiger partial charge is 0.349 e. The van der Waals surface area contributed by atoms with Gasteiger partial charge in [0.1, 0.15) is 11.6 Å². The standard InChI is InChI=1S/C19H17FN4O/c20-14-5-3-4-13(10-14)17-18(15-6-1-2-9-21-15)24-16(23-17)11-22-19(25)12-7-8-12/h1-6,9-10,12H,7-8,11H2,(H,22,25)(H,23,24). The molecule has 0 atom stereocenters. The van der Waals surface area contributed by atoms with E-state index in [-0.39, 0.29) is 17.6 Å². The van der Waals surface area contributed by atoms with Crippen molar-refractivity contribution in [2.24, 2.45) is 5.92 Å². The van der Waals surface area contributed by atoms with Crippen LogP contribution in [-0.4, -0.2) is 20.9 Å². The van der Waals surface area contributed by atoms with E-state index >= 15 is 0 Å². The summed E-state index contributed by atoms with van der Waals surface area (Å²) >= 11 is 0. The molecule has 0 aliphatic heterocycles. The molecular weight excluding hydrogens is 319 g/mol. The van der Waals surface area contributed by atoms with Gasteiger partial charge < -0.3 is 10.3 Å². The molecule has 6 heteroatoms. The lowest BCUT2D eigenvalue weighted by molar-refractivity contribution is -0.122. The van der Waals surface area contributed by atoms with Crippen LogP contribution in [0.4, 0.5) is 4.39 Å². The fourth-order valence-electron chi connectivity index (χ4n) is 2.71. The van der Waals surface area contributed by atoms with Crippen LogP contribution in [0.1, 0.15) is 18.7 Å². The molecule has 1 aliphatic carbocycles. The molecule has 0 bridgehead atoms. The highest BCUT2D eigenvalue weighted by atomic mass is 19.1. The zero-order chi connectivity index (χ0) is 17.2. The third-order valence-corrected chi connectivity index (χ3v) is 4.15. The predicted octanol–water partition coefficient (Wildman–Crippen LogP) is 3.30. The van der Waals surface area contributed by atoms with Crippen molar-refractivity contribution in [3.63, 3.8) is 0 Å². The number of halogens is 1. The summed E-state index contributed by atoms with van der Waals surface area (Å²) in [6, 6.07) is 11.9. The van der Waals surface area contributed by atoms with Crippen LogP contribution in [-0.2, 0) is 11.3 Å². The minimum atomic E-state index is -0.323. The number of hydrogen-bond donors (Lipinski definition) is 2. The average Bonchev–Trinajstić information content (AvgIpc) is 3.40. The molecular formula is C19H17FN4O. The maximum Gasteiger partial charge on any atom is 0.223 e. The molecule has 1 aliphatic rings. The van der Waals surface area contributed by atoms with Crippen molar-refractivity contribution < 1.29 is 9.18 Å². The number of rotatable bonds is 5. The minimum absolute atomic E-state index is 0.0584. The van der Waals surface area contributed by atoms with Crippen molar-refractivity contribution in [2.45, 2.75) is 19.4 Å². The van der Waals surface area contributed by atoms with E-state index < -0.39 is 0 Å². The van der Waals surface area contributed by atoms with Gasteiger partial charge in [-0.15, -0.1) is 0 Å². The van der Waals surface area contributed by atoms with Crippen LogP contribution in [0.2, 0.25) is 0 Å². The molecule has 1 aromatic carbocycles. The fraction of sp³-hybridized carbons (Fsp3) is 0.211. The van der Waals surface area contributed by atoms with Crippen LogP contribution >= 0.6 is 0 Å². The van der Waals surface area contributed by atoms with Gasteiger partial charge in [0.15, 0.2) is 0 Å². The Hall–Kier alpha value is -3.02. The Bertz CT molecular complexity index is 903. The summed E-state index contributed by atoms with van der Waals surface area (Å²) in [5, 5.41) is 2.89. The van der Waals surface area contributed by atoms with Crippen molar-refractivity contribution in [3.8, 4) is 22.6 Å². The number of carbonyl (C=O) groups is 1. The lowest BCUT2D eigenvalue weighted by Gasteiger charge is -2.02. The second-order valence-electron chi connectivity index (χ2n) is 6.12. The topological polar surface area (TPSA) is 70.7 Å². The number of nitrogens with one attached hydrogen (secondary N) is 2. The Morgan fingerprint density at radius 1 is 1.24 bits per heavy atom. The van der Waals surface area contributed by atoms with Crippen LogP contribution in [0.5, 0.6) is 0 Å². The number of nitrogens with zero attached hydrogens (tertiary/aromatic N) is 2. The van der Waals surface area contributed by atoms with Crippen LogP contribution < -0.4 is 5.32 Å². The Labute approximate surface area is 144 Å². The van der Waals surface area contributed by atoms with Gasteiger partial charge >= 0.3 is 0 Å². The normalized spacial score (nSPS) is 13.6. The zero-order valence-electron chi connectivity index (χ0n) is 13.5. The van der Waals surface area contributed by atoms with Crippen LogP contribution in [0, 0.1) is 11.7 Å². The molecule has 1 amide bonds. The number of aromatic nitrogens is 3. The summed E-state index contributed by atoms with van der Waals surface area (Å²) < 4.78 is 13.6. The quantitative estimate of drug-likeness (QED) is 0.751. The van der Waals surface area contributed by atoms with Gasteiger partial charge in [-0.25, -0.2) is 9.37 Å². The first-order chi connectivity index (χ1) is 12.2. The van der Waals surface area contributed by atoms with Crippen LogP contribution in [0.15, 0.2) is 48.7 Å². The molecule has 5 nitrogen and oxygen atoms in total.